The van der Waals surface area contributed by atoms with Gasteiger partial charge in [-0.15, -0.1) is 0 Å². The highest BCUT2D eigenvalue weighted by Gasteiger charge is 2.25. The highest BCUT2D eigenvalue weighted by Crippen LogP contribution is 2.42. The molecule has 1 N–H and O–H groups in total. The zero-order chi connectivity index (χ0) is 17.3. The van der Waals surface area contributed by atoms with E-state index in [0.717, 1.165) is 21.3 Å². The van der Waals surface area contributed by atoms with Gasteiger partial charge in [-0.3, -0.25) is 4.79 Å². The summed E-state index contributed by atoms with van der Waals surface area (Å²) in [6.07, 6.45) is 1.79. The van der Waals surface area contributed by atoms with Gasteiger partial charge in [0.2, 0.25) is 5.75 Å². The van der Waals surface area contributed by atoms with Crippen molar-refractivity contribution in [3.8, 4) is 17.2 Å². The van der Waals surface area contributed by atoms with Gasteiger partial charge < -0.3 is 19.5 Å². The maximum atomic E-state index is 12.3. The molecule has 24 heavy (non-hydrogen) atoms. The zero-order valence-electron chi connectivity index (χ0n) is 13.5. The summed E-state index contributed by atoms with van der Waals surface area (Å²) in [6.45, 7) is 0. The predicted molar refractivity (Wildman–Crippen MR) is 96.7 cm³/mol. The van der Waals surface area contributed by atoms with E-state index in [1.807, 2.05) is 24.3 Å². The normalized spacial score (nSPS) is 14.3. The van der Waals surface area contributed by atoms with Crippen molar-refractivity contribution in [3.63, 3.8) is 0 Å². The van der Waals surface area contributed by atoms with Crippen LogP contribution in [0.5, 0.6) is 17.2 Å². The molecule has 0 saturated carbocycles. The summed E-state index contributed by atoms with van der Waals surface area (Å²) in [5.74, 6) is 1.42. The number of amides is 1. The Kier molecular flexibility index (Phi) is 4.49. The quantitative estimate of drug-likeness (QED) is 0.803. The molecule has 2 aromatic rings. The molecule has 0 aromatic heterocycles. The van der Waals surface area contributed by atoms with Gasteiger partial charge in [-0.1, -0.05) is 15.9 Å². The number of hydrogen-bond acceptors (Lipinski definition) is 4. The standard InChI is InChI=1S/C18H16BrNO4/c1-22-15-7-4-10(16(23-2)17(15)24-3)8-13-12-9-11(19)5-6-14(12)20-18(13)21/h4-9H,1-3H3,(H,20,21)/b13-8+. The summed E-state index contributed by atoms with van der Waals surface area (Å²) in [7, 11) is 4.66. The Balaban J connectivity index is 2.16. The van der Waals surface area contributed by atoms with Gasteiger partial charge >= 0.3 is 0 Å². The van der Waals surface area contributed by atoms with Crippen molar-refractivity contribution in [2.75, 3.05) is 26.6 Å². The predicted octanol–water partition coefficient (Wildman–Crippen LogP) is 3.97. The number of carbonyl (C=O) groups is 1. The Bertz CT molecular complexity index is 845. The number of methoxy groups -OCH3 is 3. The Labute approximate surface area is 148 Å². The van der Waals surface area contributed by atoms with Crippen molar-refractivity contribution in [2.45, 2.75) is 0 Å². The molecule has 2 aromatic carbocycles. The fraction of sp³-hybridized carbons (Fsp3) is 0.167. The van der Waals surface area contributed by atoms with Crippen molar-refractivity contribution in [1.29, 1.82) is 0 Å². The Morgan fingerprint density at radius 1 is 1.00 bits per heavy atom. The third-order valence-corrected chi connectivity index (χ3v) is 4.29. The van der Waals surface area contributed by atoms with Crippen molar-refractivity contribution < 1.29 is 19.0 Å². The van der Waals surface area contributed by atoms with E-state index >= 15 is 0 Å². The highest BCUT2D eigenvalue weighted by atomic mass is 79.9. The summed E-state index contributed by atoms with van der Waals surface area (Å²) in [4.78, 5) is 12.3. The van der Waals surface area contributed by atoms with Gasteiger partial charge in [0, 0.05) is 26.9 Å². The lowest BCUT2D eigenvalue weighted by Crippen LogP contribution is -2.04. The molecule has 6 heteroatoms. The molecular weight excluding hydrogens is 374 g/mol. The van der Waals surface area contributed by atoms with Crippen molar-refractivity contribution in [3.05, 3.63) is 45.9 Å². The van der Waals surface area contributed by atoms with Crippen molar-refractivity contribution in [2.24, 2.45) is 0 Å². The first-order chi connectivity index (χ1) is 11.6. The largest absolute Gasteiger partial charge is 0.493 e. The van der Waals surface area contributed by atoms with E-state index in [0.29, 0.717) is 22.8 Å². The van der Waals surface area contributed by atoms with E-state index in [9.17, 15) is 4.79 Å². The molecule has 0 bridgehead atoms. The van der Waals surface area contributed by atoms with Crippen LogP contribution in [0.3, 0.4) is 0 Å². The van der Waals surface area contributed by atoms with Gasteiger partial charge in [-0.25, -0.2) is 0 Å². The minimum atomic E-state index is -0.153. The Morgan fingerprint density at radius 2 is 1.75 bits per heavy atom. The van der Waals surface area contributed by atoms with Gasteiger partial charge in [0.15, 0.2) is 11.5 Å². The summed E-state index contributed by atoms with van der Waals surface area (Å²) in [6, 6.07) is 9.27. The van der Waals surface area contributed by atoms with E-state index in [2.05, 4.69) is 21.2 Å². The van der Waals surface area contributed by atoms with Crippen LogP contribution in [0.4, 0.5) is 5.69 Å². The third kappa shape index (κ3) is 2.73. The fourth-order valence-electron chi connectivity index (χ4n) is 2.70. The average molecular weight is 390 g/mol. The average Bonchev–Trinajstić information content (AvgIpc) is 2.89. The summed E-state index contributed by atoms with van der Waals surface area (Å²) >= 11 is 3.44. The number of carbonyl (C=O) groups excluding carboxylic acids is 1. The number of halogens is 1. The van der Waals surface area contributed by atoms with Crippen LogP contribution in [-0.2, 0) is 4.79 Å². The lowest BCUT2D eigenvalue weighted by molar-refractivity contribution is -0.110. The molecule has 3 rings (SSSR count). The lowest BCUT2D eigenvalue weighted by atomic mass is 10.0. The van der Waals surface area contributed by atoms with Gasteiger partial charge in [0.05, 0.1) is 21.3 Å². The molecule has 0 aliphatic carbocycles. The first-order valence-corrected chi connectivity index (χ1v) is 8.00. The molecule has 1 amide bonds. The van der Waals surface area contributed by atoms with Crippen molar-refractivity contribution >= 4 is 39.2 Å². The van der Waals surface area contributed by atoms with Crippen LogP contribution in [-0.4, -0.2) is 27.2 Å². The number of rotatable bonds is 4. The van der Waals surface area contributed by atoms with Crippen LogP contribution in [0.25, 0.3) is 11.6 Å². The maximum absolute atomic E-state index is 12.3. The first-order valence-electron chi connectivity index (χ1n) is 7.21. The number of anilines is 1. The van der Waals surface area contributed by atoms with Crippen LogP contribution in [0.2, 0.25) is 0 Å². The van der Waals surface area contributed by atoms with E-state index in [1.54, 1.807) is 33.5 Å². The minimum Gasteiger partial charge on any atom is -0.493 e. The molecule has 0 spiro atoms. The maximum Gasteiger partial charge on any atom is 0.256 e. The van der Waals surface area contributed by atoms with Gasteiger partial charge in [0.25, 0.3) is 5.91 Å². The first kappa shape index (κ1) is 16.4. The van der Waals surface area contributed by atoms with E-state index in [1.165, 1.54) is 0 Å². The molecule has 1 aliphatic heterocycles. The summed E-state index contributed by atoms with van der Waals surface area (Å²) in [5, 5.41) is 2.86. The van der Waals surface area contributed by atoms with Gasteiger partial charge in [0.1, 0.15) is 0 Å². The monoisotopic (exact) mass is 389 g/mol. The molecule has 0 radical (unpaired) electrons. The minimum absolute atomic E-state index is 0.153. The van der Waals surface area contributed by atoms with Gasteiger partial charge in [-0.05, 0) is 36.4 Å². The topological polar surface area (TPSA) is 56.8 Å². The lowest BCUT2D eigenvalue weighted by Gasteiger charge is -2.14. The Hall–Kier alpha value is -2.47. The molecule has 0 saturated heterocycles. The number of benzene rings is 2. The summed E-state index contributed by atoms with van der Waals surface area (Å²) in [5.41, 5.74) is 2.92. The highest BCUT2D eigenvalue weighted by molar-refractivity contribution is 9.10. The molecule has 0 unspecified atom stereocenters. The van der Waals surface area contributed by atoms with E-state index in [4.69, 9.17) is 14.2 Å². The van der Waals surface area contributed by atoms with Crippen LogP contribution in [0, 0.1) is 0 Å². The van der Waals surface area contributed by atoms with Crippen LogP contribution >= 0.6 is 15.9 Å². The second kappa shape index (κ2) is 6.57. The smallest absolute Gasteiger partial charge is 0.256 e. The molecule has 0 atom stereocenters. The summed E-state index contributed by atoms with van der Waals surface area (Å²) < 4.78 is 17.1. The van der Waals surface area contributed by atoms with Crippen LogP contribution in [0.15, 0.2) is 34.8 Å². The Morgan fingerprint density at radius 3 is 2.42 bits per heavy atom. The third-order valence-electron chi connectivity index (χ3n) is 3.80. The zero-order valence-corrected chi connectivity index (χ0v) is 15.1. The molecule has 5 nitrogen and oxygen atoms in total. The number of hydrogen-bond donors (Lipinski definition) is 1. The fourth-order valence-corrected chi connectivity index (χ4v) is 3.06. The molecule has 1 heterocycles. The molecule has 1 aliphatic rings. The SMILES string of the molecule is COc1ccc(/C=C2/C(=O)Nc3ccc(Br)cc32)c(OC)c1OC. The van der Waals surface area contributed by atoms with E-state index < -0.39 is 0 Å². The second-order valence-electron chi connectivity index (χ2n) is 5.13. The van der Waals surface area contributed by atoms with E-state index in [-0.39, 0.29) is 5.91 Å². The van der Waals surface area contributed by atoms with Crippen LogP contribution < -0.4 is 19.5 Å². The number of ether oxygens (including phenoxy) is 3. The number of nitrogens with one attached hydrogen (secondary N) is 1. The molecule has 0 fully saturated rings. The van der Waals surface area contributed by atoms with Gasteiger partial charge in [-0.2, -0.15) is 0 Å². The molecule has 124 valence electrons. The second-order valence-corrected chi connectivity index (χ2v) is 6.04. The van der Waals surface area contributed by atoms with Crippen molar-refractivity contribution in [1.82, 2.24) is 0 Å². The number of fused-ring (bicyclic) bond motifs is 1. The van der Waals surface area contributed by atoms with Crippen LogP contribution in [0.1, 0.15) is 11.1 Å². The molecular formula is C18H16BrNO4.